The molecule has 4 nitrogen and oxygen atoms in total. The Kier molecular flexibility index (Phi) is 5.94. The molecular weight excluding hydrogens is 356 g/mol. The number of anilines is 1. The van der Waals surface area contributed by atoms with Crippen LogP contribution in [0.15, 0.2) is 83.8 Å². The van der Waals surface area contributed by atoms with Crippen molar-refractivity contribution in [3.05, 3.63) is 95.6 Å². The van der Waals surface area contributed by atoms with Crippen LogP contribution >= 0.6 is 0 Å². The zero-order chi connectivity index (χ0) is 19.3. The lowest BCUT2D eigenvalue weighted by atomic mass is 10.1. The van der Waals surface area contributed by atoms with Gasteiger partial charge in [-0.2, -0.15) is 4.31 Å². The van der Waals surface area contributed by atoms with Crippen molar-refractivity contribution in [3.63, 3.8) is 0 Å². The van der Waals surface area contributed by atoms with Gasteiger partial charge in [0.2, 0.25) is 10.0 Å². The monoisotopic (exact) mass is 380 g/mol. The Labute approximate surface area is 161 Å². The molecule has 5 heteroatoms. The number of hydrogen-bond donors (Lipinski definition) is 1. The van der Waals surface area contributed by atoms with Gasteiger partial charge in [-0.25, -0.2) is 8.42 Å². The van der Waals surface area contributed by atoms with E-state index in [2.05, 4.69) is 36.5 Å². The van der Waals surface area contributed by atoms with Gasteiger partial charge in [0.15, 0.2) is 0 Å². The highest BCUT2D eigenvalue weighted by molar-refractivity contribution is 7.89. The van der Waals surface area contributed by atoms with Crippen LogP contribution in [0.3, 0.4) is 0 Å². The summed E-state index contributed by atoms with van der Waals surface area (Å²) in [5.41, 5.74) is 4.26. The van der Waals surface area contributed by atoms with Crippen LogP contribution in [0.5, 0.6) is 0 Å². The number of nitrogens with one attached hydrogen (secondary N) is 1. The van der Waals surface area contributed by atoms with Crippen LogP contribution in [0, 0.1) is 6.92 Å². The number of benzene rings is 3. The van der Waals surface area contributed by atoms with Gasteiger partial charge in [0.25, 0.3) is 0 Å². The van der Waals surface area contributed by atoms with E-state index in [4.69, 9.17) is 0 Å². The van der Waals surface area contributed by atoms with E-state index < -0.39 is 10.0 Å². The van der Waals surface area contributed by atoms with Crippen molar-refractivity contribution < 1.29 is 8.42 Å². The SMILES string of the molecule is Cc1ccc(CNc2ccc(S(=O)(=O)N(C)Cc3ccccc3)cc2)cc1. The zero-order valence-electron chi connectivity index (χ0n) is 15.6. The Morgan fingerprint density at radius 3 is 2.07 bits per heavy atom. The zero-order valence-corrected chi connectivity index (χ0v) is 16.4. The normalized spacial score (nSPS) is 11.5. The third-order valence-corrected chi connectivity index (χ3v) is 6.25. The summed E-state index contributed by atoms with van der Waals surface area (Å²) in [7, 11) is -1.92. The van der Waals surface area contributed by atoms with E-state index in [9.17, 15) is 8.42 Å². The standard InChI is InChI=1S/C22H24N2O2S/c1-18-8-10-19(11-9-18)16-23-21-12-14-22(15-13-21)27(25,26)24(2)17-20-6-4-3-5-7-20/h3-15,23H,16-17H2,1-2H3. The quantitative estimate of drug-likeness (QED) is 0.660. The van der Waals surface area contributed by atoms with Gasteiger partial charge in [0, 0.05) is 25.8 Å². The molecule has 3 aromatic carbocycles. The first-order valence-corrected chi connectivity index (χ1v) is 10.3. The molecule has 1 N–H and O–H groups in total. The van der Waals surface area contributed by atoms with Crippen molar-refractivity contribution in [2.75, 3.05) is 12.4 Å². The maximum atomic E-state index is 12.8. The first-order valence-electron chi connectivity index (χ1n) is 8.85. The number of rotatable bonds is 7. The molecule has 0 aromatic heterocycles. The van der Waals surface area contributed by atoms with E-state index in [-0.39, 0.29) is 0 Å². The maximum absolute atomic E-state index is 12.8. The largest absolute Gasteiger partial charge is 0.381 e. The summed E-state index contributed by atoms with van der Waals surface area (Å²) in [6.07, 6.45) is 0. The molecule has 0 bridgehead atoms. The molecule has 3 rings (SSSR count). The van der Waals surface area contributed by atoms with Gasteiger partial charge < -0.3 is 5.32 Å². The first kappa shape index (κ1) is 19.1. The molecule has 0 aliphatic heterocycles. The van der Waals surface area contributed by atoms with Crippen molar-refractivity contribution in [2.24, 2.45) is 0 Å². The third kappa shape index (κ3) is 4.96. The average Bonchev–Trinajstić information content (AvgIpc) is 2.68. The number of aryl methyl sites for hydroxylation is 1. The van der Waals surface area contributed by atoms with Crippen LogP contribution in [0.25, 0.3) is 0 Å². The summed E-state index contributed by atoms with van der Waals surface area (Å²) in [5.74, 6) is 0. The molecule has 0 fully saturated rings. The van der Waals surface area contributed by atoms with Gasteiger partial charge in [-0.1, -0.05) is 60.2 Å². The highest BCUT2D eigenvalue weighted by Crippen LogP contribution is 2.19. The highest BCUT2D eigenvalue weighted by Gasteiger charge is 2.20. The van der Waals surface area contributed by atoms with Crippen molar-refractivity contribution >= 4 is 15.7 Å². The molecule has 0 aliphatic rings. The number of sulfonamides is 1. The fourth-order valence-electron chi connectivity index (χ4n) is 2.76. The minimum atomic E-state index is -3.52. The van der Waals surface area contributed by atoms with Gasteiger partial charge in [0.1, 0.15) is 0 Å². The molecule has 0 saturated carbocycles. The first-order chi connectivity index (χ1) is 12.9. The smallest absolute Gasteiger partial charge is 0.243 e. The summed E-state index contributed by atoms with van der Waals surface area (Å²) in [5, 5.41) is 3.32. The van der Waals surface area contributed by atoms with Gasteiger partial charge in [-0.3, -0.25) is 0 Å². The molecule has 140 valence electrons. The second kappa shape index (κ2) is 8.37. The topological polar surface area (TPSA) is 49.4 Å². The van der Waals surface area contributed by atoms with E-state index in [1.54, 1.807) is 31.3 Å². The highest BCUT2D eigenvalue weighted by atomic mass is 32.2. The molecule has 0 radical (unpaired) electrons. The lowest BCUT2D eigenvalue weighted by molar-refractivity contribution is 0.467. The van der Waals surface area contributed by atoms with Gasteiger partial charge in [-0.15, -0.1) is 0 Å². The summed E-state index contributed by atoms with van der Waals surface area (Å²) < 4.78 is 26.9. The Hall–Kier alpha value is -2.63. The van der Waals surface area contributed by atoms with Crippen LogP contribution in [0.2, 0.25) is 0 Å². The van der Waals surface area contributed by atoms with Gasteiger partial charge in [-0.05, 0) is 42.3 Å². The van der Waals surface area contributed by atoms with Gasteiger partial charge >= 0.3 is 0 Å². The van der Waals surface area contributed by atoms with Crippen molar-refractivity contribution in [1.82, 2.24) is 4.31 Å². The van der Waals surface area contributed by atoms with Crippen molar-refractivity contribution in [2.45, 2.75) is 24.9 Å². The Morgan fingerprint density at radius 2 is 1.44 bits per heavy atom. The molecule has 3 aromatic rings. The molecular formula is C22H24N2O2S. The molecule has 0 aliphatic carbocycles. The predicted octanol–water partition coefficient (Wildman–Crippen LogP) is 4.43. The summed E-state index contributed by atoms with van der Waals surface area (Å²) in [6, 6.07) is 24.8. The molecule has 0 saturated heterocycles. The van der Waals surface area contributed by atoms with E-state index in [0.717, 1.165) is 11.3 Å². The third-order valence-electron chi connectivity index (χ3n) is 4.43. The van der Waals surface area contributed by atoms with E-state index in [1.165, 1.54) is 15.4 Å². The maximum Gasteiger partial charge on any atom is 0.243 e. The molecule has 0 amide bonds. The Balaban J connectivity index is 1.65. The van der Waals surface area contributed by atoms with Crippen molar-refractivity contribution in [3.8, 4) is 0 Å². The van der Waals surface area contributed by atoms with E-state index >= 15 is 0 Å². The summed E-state index contributed by atoms with van der Waals surface area (Å²) in [4.78, 5) is 0.293. The number of nitrogens with zero attached hydrogens (tertiary/aromatic N) is 1. The summed E-state index contributed by atoms with van der Waals surface area (Å²) in [6.45, 7) is 3.10. The van der Waals surface area contributed by atoms with Crippen LogP contribution in [0.1, 0.15) is 16.7 Å². The minimum absolute atomic E-state index is 0.293. The fraction of sp³-hybridized carbons (Fsp3) is 0.182. The fourth-order valence-corrected chi connectivity index (χ4v) is 3.92. The molecule has 0 heterocycles. The lowest BCUT2D eigenvalue weighted by Crippen LogP contribution is -2.26. The van der Waals surface area contributed by atoms with E-state index in [0.29, 0.717) is 18.0 Å². The second-order valence-electron chi connectivity index (χ2n) is 6.61. The Morgan fingerprint density at radius 1 is 0.815 bits per heavy atom. The van der Waals surface area contributed by atoms with Crippen LogP contribution < -0.4 is 5.32 Å². The number of hydrogen-bond acceptors (Lipinski definition) is 3. The lowest BCUT2D eigenvalue weighted by Gasteiger charge is -2.17. The molecule has 0 unspecified atom stereocenters. The molecule has 0 atom stereocenters. The predicted molar refractivity (Wildman–Crippen MR) is 110 cm³/mol. The second-order valence-corrected chi connectivity index (χ2v) is 8.66. The average molecular weight is 381 g/mol. The molecule has 27 heavy (non-hydrogen) atoms. The van der Waals surface area contributed by atoms with E-state index in [1.807, 2.05) is 30.3 Å². The molecule has 0 spiro atoms. The van der Waals surface area contributed by atoms with Crippen LogP contribution in [-0.2, 0) is 23.1 Å². The summed E-state index contributed by atoms with van der Waals surface area (Å²) >= 11 is 0. The van der Waals surface area contributed by atoms with Gasteiger partial charge in [0.05, 0.1) is 4.90 Å². The van der Waals surface area contributed by atoms with Crippen LogP contribution in [-0.4, -0.2) is 19.8 Å². The van der Waals surface area contributed by atoms with Crippen molar-refractivity contribution in [1.29, 1.82) is 0 Å². The Bertz CT molecular complexity index is 967. The van der Waals surface area contributed by atoms with Crippen LogP contribution in [0.4, 0.5) is 5.69 Å². The minimum Gasteiger partial charge on any atom is -0.381 e.